The number of unbranched alkanes of at least 4 members (excludes halogenated alkanes) is 1. The molecule has 1 rings (SSSR count). The van der Waals surface area contributed by atoms with Gasteiger partial charge in [-0.05, 0) is 18.4 Å². The molecule has 0 amide bonds. The molecule has 0 fully saturated rings. The number of benzene rings is 1. The maximum absolute atomic E-state index is 11.8. The molecular formula is C15H18O3S. The number of carbonyl (C=O) groups is 2. The van der Waals surface area contributed by atoms with Crippen LogP contribution in [0.25, 0.3) is 0 Å². The summed E-state index contributed by atoms with van der Waals surface area (Å²) in [7, 11) is 0. The fraction of sp³-hybridized carbons (Fsp3) is 0.333. The van der Waals surface area contributed by atoms with Gasteiger partial charge in [0, 0.05) is 6.42 Å². The highest BCUT2D eigenvalue weighted by molar-refractivity contribution is 7.94. The van der Waals surface area contributed by atoms with E-state index in [9.17, 15) is 9.59 Å². The largest absolute Gasteiger partial charge is 0.391 e. The lowest BCUT2D eigenvalue weighted by Gasteiger charge is -2.10. The molecule has 1 aromatic carbocycles. The minimum Gasteiger partial charge on any atom is -0.391 e. The molecule has 0 spiro atoms. The number of carbonyl (C=O) groups excluding carboxylic acids is 2. The minimum atomic E-state index is -0.330. The molecule has 1 atom stereocenters. The first kappa shape index (κ1) is 15.5. The maximum atomic E-state index is 11.8. The summed E-state index contributed by atoms with van der Waals surface area (Å²) in [5.41, 5.74) is 1.11. The molecule has 3 nitrogen and oxygen atoms in total. The third-order valence-electron chi connectivity index (χ3n) is 2.63. The van der Waals surface area contributed by atoms with E-state index in [2.05, 4.69) is 6.58 Å². The van der Waals surface area contributed by atoms with E-state index in [4.69, 9.17) is 4.18 Å². The summed E-state index contributed by atoms with van der Waals surface area (Å²) >= 11 is 1.13. The molecule has 0 aliphatic rings. The summed E-state index contributed by atoms with van der Waals surface area (Å²) in [5.74, 6) is 0.00942. The predicted molar refractivity (Wildman–Crippen MR) is 77.4 cm³/mol. The van der Waals surface area contributed by atoms with E-state index in [-0.39, 0.29) is 11.9 Å². The van der Waals surface area contributed by atoms with Crippen LogP contribution in [0.4, 0.5) is 0 Å². The van der Waals surface area contributed by atoms with E-state index in [1.807, 2.05) is 30.3 Å². The molecule has 0 saturated heterocycles. The lowest BCUT2D eigenvalue weighted by atomic mass is 10.0. The summed E-state index contributed by atoms with van der Waals surface area (Å²) in [5, 5.41) is 0. The van der Waals surface area contributed by atoms with Gasteiger partial charge in [0.15, 0.2) is 0 Å². The average molecular weight is 278 g/mol. The van der Waals surface area contributed by atoms with Crippen LogP contribution in [0.15, 0.2) is 43.0 Å². The third-order valence-corrected chi connectivity index (χ3v) is 3.37. The smallest absolute Gasteiger partial charge is 0.324 e. The van der Waals surface area contributed by atoms with Crippen molar-refractivity contribution in [2.45, 2.75) is 25.0 Å². The first-order chi connectivity index (χ1) is 9.27. The maximum Gasteiger partial charge on any atom is 0.324 e. The zero-order valence-corrected chi connectivity index (χ0v) is 11.6. The van der Waals surface area contributed by atoms with Crippen LogP contribution in [-0.2, 0) is 19.5 Å². The van der Waals surface area contributed by atoms with Crippen molar-refractivity contribution in [2.75, 3.05) is 0 Å². The lowest BCUT2D eigenvalue weighted by molar-refractivity contribution is -0.136. The Morgan fingerprint density at radius 2 is 2.11 bits per heavy atom. The fourth-order valence-electron chi connectivity index (χ4n) is 1.54. The number of hydrogen-bond donors (Lipinski definition) is 0. The Bertz CT molecular complexity index is 403. The van der Waals surface area contributed by atoms with Gasteiger partial charge >= 0.3 is 5.97 Å². The molecule has 0 N–H and O–H groups in total. The Morgan fingerprint density at radius 1 is 1.37 bits per heavy atom. The summed E-state index contributed by atoms with van der Waals surface area (Å²) in [6, 6.07) is 9.81. The molecule has 0 aromatic heterocycles. The van der Waals surface area contributed by atoms with Gasteiger partial charge in [-0.3, -0.25) is 4.79 Å². The van der Waals surface area contributed by atoms with Gasteiger partial charge in [-0.2, -0.15) is 0 Å². The summed E-state index contributed by atoms with van der Waals surface area (Å²) in [4.78, 5) is 22.0. The van der Waals surface area contributed by atoms with Gasteiger partial charge in [-0.15, -0.1) is 6.58 Å². The van der Waals surface area contributed by atoms with Crippen LogP contribution >= 0.6 is 12.0 Å². The standard InChI is InChI=1S/C15H18O3S/c1-2-14(10-6-7-11-16)15(17)18-19-12-13-8-4-3-5-9-13/h2-5,8-9,11,14H,1,6-7,10,12H2. The first-order valence-corrected chi connectivity index (χ1v) is 7.12. The molecule has 1 unspecified atom stereocenters. The second kappa shape index (κ2) is 9.39. The quantitative estimate of drug-likeness (QED) is 0.300. The highest BCUT2D eigenvalue weighted by atomic mass is 32.2. The Labute approximate surface area is 118 Å². The molecule has 102 valence electrons. The second-order valence-electron chi connectivity index (χ2n) is 4.09. The Hall–Kier alpha value is -1.55. The lowest BCUT2D eigenvalue weighted by Crippen LogP contribution is -2.12. The molecule has 4 heteroatoms. The van der Waals surface area contributed by atoms with Crippen molar-refractivity contribution < 1.29 is 13.8 Å². The highest BCUT2D eigenvalue weighted by Gasteiger charge is 2.16. The van der Waals surface area contributed by atoms with Gasteiger partial charge in [-0.25, -0.2) is 0 Å². The van der Waals surface area contributed by atoms with Gasteiger partial charge in [0.25, 0.3) is 0 Å². The Kier molecular flexibility index (Phi) is 7.66. The molecule has 0 aliphatic carbocycles. The van der Waals surface area contributed by atoms with E-state index >= 15 is 0 Å². The number of hydrogen-bond acceptors (Lipinski definition) is 4. The first-order valence-electron chi connectivity index (χ1n) is 6.21. The molecule has 19 heavy (non-hydrogen) atoms. The fourth-order valence-corrected chi connectivity index (χ4v) is 2.17. The van der Waals surface area contributed by atoms with Crippen LogP contribution in [0.2, 0.25) is 0 Å². The molecule has 0 radical (unpaired) electrons. The van der Waals surface area contributed by atoms with Crippen LogP contribution in [0.3, 0.4) is 0 Å². The number of aldehydes is 1. The van der Waals surface area contributed by atoms with Crippen LogP contribution in [0.5, 0.6) is 0 Å². The monoisotopic (exact) mass is 278 g/mol. The summed E-state index contributed by atoms with van der Waals surface area (Å²) in [6.07, 6.45) is 4.19. The van der Waals surface area contributed by atoms with Gasteiger partial charge in [0.2, 0.25) is 0 Å². The van der Waals surface area contributed by atoms with E-state index in [0.717, 1.165) is 23.9 Å². The van der Waals surface area contributed by atoms with Gasteiger partial charge in [0.1, 0.15) is 6.29 Å². The molecule has 0 saturated carbocycles. The topological polar surface area (TPSA) is 43.4 Å². The molecule has 0 bridgehead atoms. The van der Waals surface area contributed by atoms with Crippen molar-refractivity contribution in [1.29, 1.82) is 0 Å². The highest BCUT2D eigenvalue weighted by Crippen LogP contribution is 2.18. The molecule has 1 aromatic rings. The normalized spacial score (nSPS) is 11.6. The van der Waals surface area contributed by atoms with Crippen LogP contribution in [-0.4, -0.2) is 12.3 Å². The third kappa shape index (κ3) is 6.25. The summed E-state index contributed by atoms with van der Waals surface area (Å²) in [6.45, 7) is 3.63. The van der Waals surface area contributed by atoms with Gasteiger partial charge in [-0.1, -0.05) is 36.4 Å². The predicted octanol–water partition coefficient (Wildman–Crippen LogP) is 3.55. The molecular weight excluding hydrogens is 260 g/mol. The van der Waals surface area contributed by atoms with Crippen LogP contribution in [0, 0.1) is 5.92 Å². The minimum absolute atomic E-state index is 0.290. The van der Waals surface area contributed by atoms with Crippen molar-refractivity contribution in [3.63, 3.8) is 0 Å². The van der Waals surface area contributed by atoms with Gasteiger partial charge in [0.05, 0.1) is 23.7 Å². The Morgan fingerprint density at radius 3 is 2.74 bits per heavy atom. The van der Waals surface area contributed by atoms with E-state index in [1.54, 1.807) is 6.08 Å². The van der Waals surface area contributed by atoms with E-state index in [1.165, 1.54) is 0 Å². The SMILES string of the molecule is C=CC(CCCC=O)C(=O)OSCc1ccccc1. The molecule has 0 heterocycles. The summed E-state index contributed by atoms with van der Waals surface area (Å²) < 4.78 is 5.15. The van der Waals surface area contributed by atoms with Crippen molar-refractivity contribution in [3.05, 3.63) is 48.6 Å². The number of rotatable bonds is 9. The van der Waals surface area contributed by atoms with E-state index in [0.29, 0.717) is 25.0 Å². The van der Waals surface area contributed by atoms with Crippen molar-refractivity contribution in [3.8, 4) is 0 Å². The van der Waals surface area contributed by atoms with Crippen LogP contribution in [0.1, 0.15) is 24.8 Å². The van der Waals surface area contributed by atoms with Crippen molar-refractivity contribution >= 4 is 24.3 Å². The zero-order valence-electron chi connectivity index (χ0n) is 10.8. The van der Waals surface area contributed by atoms with Crippen molar-refractivity contribution in [1.82, 2.24) is 0 Å². The average Bonchev–Trinajstić information content (AvgIpc) is 2.44. The molecule has 0 aliphatic heterocycles. The second-order valence-corrected chi connectivity index (χ2v) is 4.78. The Balaban J connectivity index is 2.28. The van der Waals surface area contributed by atoms with Crippen molar-refractivity contribution in [2.24, 2.45) is 5.92 Å². The van der Waals surface area contributed by atoms with Crippen LogP contribution < -0.4 is 0 Å². The zero-order chi connectivity index (χ0) is 13.9. The van der Waals surface area contributed by atoms with E-state index < -0.39 is 0 Å². The van der Waals surface area contributed by atoms with Gasteiger partial charge < -0.3 is 8.98 Å².